The summed E-state index contributed by atoms with van der Waals surface area (Å²) in [5, 5.41) is -0.945. The Morgan fingerprint density at radius 2 is 0.979 bits per heavy atom. The molecular formula is C33H11B13N2. The summed E-state index contributed by atoms with van der Waals surface area (Å²) in [4.78, 5) is 4.76. The minimum Gasteiger partial charge on any atom is -0.296 e. The van der Waals surface area contributed by atoms with Crippen molar-refractivity contribution in [1.82, 2.24) is 9.55 Å². The van der Waals surface area contributed by atoms with Crippen LogP contribution in [0, 0.1) is 0 Å². The molecule has 15 heteroatoms. The lowest BCUT2D eigenvalue weighted by atomic mass is 9.23. The minimum absolute atomic E-state index is 0.0311. The van der Waals surface area contributed by atoms with Gasteiger partial charge in [-0.3, -0.25) is 4.57 Å². The predicted octanol–water partition coefficient (Wildman–Crippen LogP) is -3.43. The van der Waals surface area contributed by atoms with Crippen molar-refractivity contribution in [2.24, 2.45) is 0 Å². The quantitative estimate of drug-likeness (QED) is 0.158. The van der Waals surface area contributed by atoms with E-state index in [-0.39, 0.29) is 55.2 Å². The summed E-state index contributed by atoms with van der Waals surface area (Å²) in [5.41, 5.74) is 3.06. The fourth-order valence-corrected chi connectivity index (χ4v) is 6.50. The molecule has 192 valence electrons. The van der Waals surface area contributed by atoms with E-state index in [1.54, 1.807) is 28.8 Å². The van der Waals surface area contributed by atoms with Gasteiger partial charge in [0.05, 0.1) is 56.0 Å². The average molecular weight is 576 g/mol. The molecule has 2 nitrogen and oxygen atoms in total. The second-order valence-electron chi connectivity index (χ2n) is 12.2. The molecule has 0 saturated carbocycles. The predicted molar refractivity (Wildman–Crippen MR) is 215 cm³/mol. The molecule has 0 atom stereocenters. The topological polar surface area (TPSA) is 17.8 Å². The van der Waals surface area contributed by atoms with Crippen molar-refractivity contribution in [1.29, 1.82) is 0 Å². The molecule has 0 saturated heterocycles. The van der Waals surface area contributed by atoms with Gasteiger partial charge in [0.1, 0.15) is 68.6 Å². The number of hydrogen-bond acceptors (Lipinski definition) is 1. The molecule has 7 aromatic rings. The van der Waals surface area contributed by atoms with E-state index in [1.165, 1.54) is 0 Å². The number of fused-ring (bicyclic) bond motifs is 4. The Hall–Kier alpha value is -3.59. The summed E-state index contributed by atoms with van der Waals surface area (Å²) in [7, 11) is 85.5. The van der Waals surface area contributed by atoms with E-state index < -0.39 is 10.3 Å². The van der Waals surface area contributed by atoms with Gasteiger partial charge in [-0.2, -0.15) is 0 Å². The second-order valence-corrected chi connectivity index (χ2v) is 12.2. The molecule has 0 N–H and O–H groups in total. The fraction of sp³-hybridized carbons (Fsp3) is 0.0606. The summed E-state index contributed by atoms with van der Waals surface area (Å²) in [6.07, 6.45) is 0. The van der Waals surface area contributed by atoms with Gasteiger partial charge in [0.2, 0.25) is 0 Å². The van der Waals surface area contributed by atoms with Gasteiger partial charge in [-0.25, -0.2) is 4.98 Å². The smallest absolute Gasteiger partial charge is 0.113 e. The molecule has 1 aromatic heterocycles. The van der Waals surface area contributed by atoms with Crippen LogP contribution in [0.15, 0.2) is 66.7 Å². The number of hydrogen-bond donors (Lipinski definition) is 0. The largest absolute Gasteiger partial charge is 0.296 e. The Bertz CT molecular complexity index is 2430. The van der Waals surface area contributed by atoms with Gasteiger partial charge in [0.25, 0.3) is 0 Å². The minimum atomic E-state index is -2.18. The van der Waals surface area contributed by atoms with Gasteiger partial charge in [-0.1, -0.05) is 75.6 Å². The van der Waals surface area contributed by atoms with E-state index >= 15 is 0 Å². The van der Waals surface area contributed by atoms with Crippen LogP contribution in [0.2, 0.25) is 5.11 Å². The van der Waals surface area contributed by atoms with Crippen molar-refractivity contribution >= 4 is 189 Å². The van der Waals surface area contributed by atoms with Gasteiger partial charge in [-0.05, 0) is 61.6 Å². The number of imidazole rings is 1. The van der Waals surface area contributed by atoms with Gasteiger partial charge in [0, 0.05) is 0 Å². The first-order chi connectivity index (χ1) is 22.6. The molecule has 0 amide bonds. The van der Waals surface area contributed by atoms with Gasteiger partial charge >= 0.3 is 0 Å². The lowest BCUT2D eigenvalue weighted by molar-refractivity contribution is 0.760. The highest BCUT2D eigenvalue weighted by molar-refractivity contribution is 6.71. The van der Waals surface area contributed by atoms with Crippen molar-refractivity contribution in [3.63, 3.8) is 0 Å². The van der Waals surface area contributed by atoms with Crippen LogP contribution < -0.4 is 43.7 Å². The molecule has 0 aliphatic carbocycles. The van der Waals surface area contributed by atoms with Crippen molar-refractivity contribution in [2.75, 3.05) is 0 Å². The number of benzene rings is 6. The average Bonchev–Trinajstić information content (AvgIpc) is 3.46. The van der Waals surface area contributed by atoms with E-state index in [1.807, 2.05) is 42.5 Å². The van der Waals surface area contributed by atoms with Crippen molar-refractivity contribution in [3.05, 3.63) is 72.6 Å². The molecule has 7 rings (SSSR count). The molecular weight excluding hydrogens is 565 g/mol. The summed E-state index contributed by atoms with van der Waals surface area (Å²) in [6.45, 7) is 0. The third-order valence-electron chi connectivity index (χ3n) is 9.20. The van der Waals surface area contributed by atoms with E-state index in [4.69, 9.17) is 107 Å². The number of nitrogens with zero attached hydrogens (tertiary/aromatic N) is 2. The molecule has 0 unspecified atom stereocenters. The standard InChI is InChI=1S/C33H11B13N2/c34-22-18-17(14-10-9-12-5-1-2-6-13(12)11-14)19-21(25(37)29(41)27(39)23(19)35)30(20(18)24(36)28(40)26(22)38)48-16-8-4-3-7-15(16)47-31(48)32(42,43)33(44,45)46/h1-11H. The van der Waals surface area contributed by atoms with Crippen LogP contribution in [0.25, 0.3) is 60.2 Å². The highest BCUT2D eigenvalue weighted by atomic mass is 15.1. The summed E-state index contributed by atoms with van der Waals surface area (Å²) >= 11 is 0. The zero-order valence-corrected chi connectivity index (χ0v) is 25.8. The highest BCUT2D eigenvalue weighted by Crippen LogP contribution is 2.43. The molecule has 0 aliphatic heterocycles. The molecule has 1 heterocycles. The Morgan fingerprint density at radius 3 is 1.52 bits per heavy atom. The van der Waals surface area contributed by atoms with Crippen LogP contribution in [-0.4, -0.2) is 112 Å². The third kappa shape index (κ3) is 4.55. The second kappa shape index (κ2) is 11.2. The number of rotatable bonds is 4. The van der Waals surface area contributed by atoms with Crippen LogP contribution >= 0.6 is 0 Å². The Balaban J connectivity index is 1.86. The summed E-state index contributed by atoms with van der Waals surface area (Å²) in [6, 6.07) is 20.9. The van der Waals surface area contributed by atoms with Crippen LogP contribution in [0.4, 0.5) is 0 Å². The van der Waals surface area contributed by atoms with Crippen LogP contribution in [0.1, 0.15) is 5.82 Å². The SMILES string of the molecule is [B]c1c([B])c([B])c2c(-n3c(C([B])([B])C([B])([B])[B])nc4ccccc43)c3c([B])c([B])c([B])c([B])c3c(-c3ccc4ccccc4c3)c2c1[B]. The first-order valence-electron chi connectivity index (χ1n) is 14.8. The zero-order chi connectivity index (χ0) is 34.6. The van der Waals surface area contributed by atoms with Gasteiger partial charge in [-0.15, -0.1) is 27.0 Å². The van der Waals surface area contributed by atoms with Gasteiger partial charge in [0.15, 0.2) is 0 Å². The molecule has 26 radical (unpaired) electrons. The van der Waals surface area contributed by atoms with Gasteiger partial charge < -0.3 is 0 Å². The number of aromatic nitrogens is 2. The van der Waals surface area contributed by atoms with Crippen LogP contribution in [-0.2, 0) is 5.21 Å². The molecule has 0 fully saturated rings. The van der Waals surface area contributed by atoms with E-state index in [2.05, 4.69) is 0 Å². The Morgan fingerprint density at radius 1 is 0.500 bits per heavy atom. The van der Waals surface area contributed by atoms with Crippen LogP contribution in [0.5, 0.6) is 0 Å². The monoisotopic (exact) mass is 578 g/mol. The van der Waals surface area contributed by atoms with Crippen molar-refractivity contribution < 1.29 is 0 Å². The third-order valence-corrected chi connectivity index (χ3v) is 9.20. The Kier molecular flexibility index (Phi) is 7.70. The lowest BCUT2D eigenvalue weighted by Gasteiger charge is -2.42. The first kappa shape index (κ1) is 32.9. The Labute approximate surface area is 297 Å². The highest BCUT2D eigenvalue weighted by Gasteiger charge is 2.38. The van der Waals surface area contributed by atoms with Crippen LogP contribution in [0.3, 0.4) is 0 Å². The summed E-state index contributed by atoms with van der Waals surface area (Å²) in [5.74, 6) is -0.0426. The van der Waals surface area contributed by atoms with E-state index in [0.717, 1.165) is 10.8 Å². The molecule has 48 heavy (non-hydrogen) atoms. The molecule has 0 bridgehead atoms. The van der Waals surface area contributed by atoms with Crippen molar-refractivity contribution in [2.45, 2.75) is 10.3 Å². The summed E-state index contributed by atoms with van der Waals surface area (Å²) < 4.78 is 1.61. The zero-order valence-electron chi connectivity index (χ0n) is 25.8. The first-order valence-corrected chi connectivity index (χ1v) is 14.8. The maximum atomic E-state index is 6.91. The van der Waals surface area contributed by atoms with E-state index in [9.17, 15) is 0 Å². The maximum absolute atomic E-state index is 6.91. The normalized spacial score (nSPS) is 12.4. The molecule has 0 aliphatic rings. The maximum Gasteiger partial charge on any atom is 0.113 e. The lowest BCUT2D eigenvalue weighted by Crippen LogP contribution is -2.50. The number of para-hydroxylation sites is 2. The van der Waals surface area contributed by atoms with E-state index in [0.29, 0.717) is 43.7 Å². The fourth-order valence-electron chi connectivity index (χ4n) is 6.50. The molecule has 6 aromatic carbocycles. The van der Waals surface area contributed by atoms with Crippen molar-refractivity contribution in [3.8, 4) is 16.8 Å². The molecule has 0 spiro atoms.